The highest BCUT2D eigenvalue weighted by Gasteiger charge is 2.20. The van der Waals surface area contributed by atoms with E-state index in [2.05, 4.69) is 52.0 Å². The van der Waals surface area contributed by atoms with E-state index in [-0.39, 0.29) is 12.0 Å². The van der Waals surface area contributed by atoms with Crippen molar-refractivity contribution in [3.05, 3.63) is 78.4 Å². The molecule has 0 radical (unpaired) electrons. The zero-order chi connectivity index (χ0) is 26.6. The summed E-state index contributed by atoms with van der Waals surface area (Å²) in [6.07, 6.45) is 10.2. The van der Waals surface area contributed by atoms with Crippen LogP contribution in [-0.4, -0.2) is 56.4 Å². The van der Waals surface area contributed by atoms with Gasteiger partial charge in [-0.15, -0.1) is 0 Å². The Balaban J connectivity index is 1.53. The Morgan fingerprint density at radius 3 is 2.63 bits per heavy atom. The van der Waals surface area contributed by atoms with Crippen molar-refractivity contribution in [2.75, 3.05) is 25.5 Å². The highest BCUT2D eigenvalue weighted by molar-refractivity contribution is 6.00. The topological polar surface area (TPSA) is 100 Å². The van der Waals surface area contributed by atoms with Gasteiger partial charge < -0.3 is 15.0 Å². The first-order valence-corrected chi connectivity index (χ1v) is 12.3. The van der Waals surface area contributed by atoms with Crippen molar-refractivity contribution in [3.63, 3.8) is 0 Å². The number of nitrogens with zero attached hydrogens (tertiary/aromatic N) is 6. The third-order valence-electron chi connectivity index (χ3n) is 6.50. The molecule has 4 aromatic rings. The Bertz CT molecular complexity index is 1620. The number of hydrogen-bond donors (Lipinski definition) is 1. The van der Waals surface area contributed by atoms with Crippen LogP contribution in [-0.2, 0) is 11.8 Å². The largest absolute Gasteiger partial charge is 0.488 e. The highest BCUT2D eigenvalue weighted by atomic mass is 16.5. The quantitative estimate of drug-likeness (QED) is 0.329. The van der Waals surface area contributed by atoms with Crippen LogP contribution < -0.4 is 10.1 Å². The van der Waals surface area contributed by atoms with E-state index in [4.69, 9.17) is 4.74 Å². The molecular weight excluding hydrogens is 478 g/mol. The van der Waals surface area contributed by atoms with Crippen LogP contribution in [0.4, 0.5) is 5.69 Å². The molecule has 1 aliphatic heterocycles. The minimum absolute atomic E-state index is 0.0505. The van der Waals surface area contributed by atoms with E-state index >= 15 is 0 Å². The molecule has 4 heterocycles. The standard InChI is InChI=1S/C29H27N7O2/c1-4-28(37)33-26-8-6-20(13-27(26)38-25-9-11-34(2)12-10-25)5-7-21-14-22(24-17-31-35(3)18-24)19-36-29(21)23(15-30)16-32-36/h4,6,8,13-14,16-19,25H,1,9-12H2,2-3H3,(H,33,37). The second-order valence-corrected chi connectivity index (χ2v) is 9.28. The maximum absolute atomic E-state index is 12.0. The van der Waals surface area contributed by atoms with E-state index < -0.39 is 0 Å². The van der Waals surface area contributed by atoms with Crippen LogP contribution in [0.3, 0.4) is 0 Å². The molecule has 1 amide bonds. The molecular formula is C29H27N7O2. The Morgan fingerprint density at radius 1 is 1.11 bits per heavy atom. The van der Waals surface area contributed by atoms with Crippen molar-refractivity contribution in [2.24, 2.45) is 7.05 Å². The number of hydrogen-bond acceptors (Lipinski definition) is 6. The van der Waals surface area contributed by atoms with Gasteiger partial charge in [0, 0.05) is 49.2 Å². The molecule has 0 spiro atoms. The van der Waals surface area contributed by atoms with Gasteiger partial charge in [-0.3, -0.25) is 9.48 Å². The fraction of sp³-hybridized carbons (Fsp3) is 0.241. The maximum Gasteiger partial charge on any atom is 0.247 e. The van der Waals surface area contributed by atoms with E-state index in [9.17, 15) is 10.1 Å². The molecule has 190 valence electrons. The Hall–Kier alpha value is -4.86. The van der Waals surface area contributed by atoms with Gasteiger partial charge in [0.15, 0.2) is 0 Å². The normalized spacial score (nSPS) is 13.9. The SMILES string of the molecule is C=CC(=O)Nc1ccc(C#Cc2cc(-c3cnn(C)c3)cn3ncc(C#N)c23)cc1OC1CCN(C)CC1. The number of aryl methyl sites for hydroxylation is 1. The first-order valence-electron chi connectivity index (χ1n) is 12.3. The molecule has 0 saturated carbocycles. The summed E-state index contributed by atoms with van der Waals surface area (Å²) in [6.45, 7) is 5.45. The molecule has 0 unspecified atom stereocenters. The Morgan fingerprint density at radius 2 is 1.92 bits per heavy atom. The number of nitriles is 1. The smallest absolute Gasteiger partial charge is 0.247 e. The molecule has 1 N–H and O–H groups in total. The number of anilines is 1. The van der Waals surface area contributed by atoms with Crippen LogP contribution >= 0.6 is 0 Å². The number of piperidine rings is 1. The Kier molecular flexibility index (Phi) is 6.94. The van der Waals surface area contributed by atoms with Crippen molar-refractivity contribution in [2.45, 2.75) is 18.9 Å². The molecule has 5 rings (SSSR count). The van der Waals surface area contributed by atoms with Crippen molar-refractivity contribution in [1.29, 1.82) is 5.26 Å². The number of likely N-dealkylation sites (tertiary alicyclic amines) is 1. The van der Waals surface area contributed by atoms with E-state index in [1.54, 1.807) is 21.5 Å². The number of carbonyl (C=O) groups is 1. The van der Waals surface area contributed by atoms with Gasteiger partial charge in [0.05, 0.1) is 34.7 Å². The lowest BCUT2D eigenvalue weighted by molar-refractivity contribution is -0.111. The number of fused-ring (bicyclic) bond motifs is 1. The molecule has 9 heteroatoms. The second-order valence-electron chi connectivity index (χ2n) is 9.28. The molecule has 1 fully saturated rings. The van der Waals surface area contributed by atoms with Gasteiger partial charge in [-0.25, -0.2) is 4.52 Å². The number of amides is 1. The molecule has 38 heavy (non-hydrogen) atoms. The van der Waals surface area contributed by atoms with E-state index in [1.165, 1.54) is 12.3 Å². The van der Waals surface area contributed by atoms with Crippen molar-refractivity contribution in [3.8, 4) is 34.8 Å². The number of benzene rings is 1. The fourth-order valence-electron chi connectivity index (χ4n) is 4.43. The number of ether oxygens (including phenoxy) is 1. The van der Waals surface area contributed by atoms with E-state index in [0.29, 0.717) is 33.6 Å². The van der Waals surface area contributed by atoms with Gasteiger partial charge in [-0.2, -0.15) is 15.5 Å². The van der Waals surface area contributed by atoms with Crippen molar-refractivity contribution < 1.29 is 9.53 Å². The Labute approximate surface area is 220 Å². The van der Waals surface area contributed by atoms with Crippen LogP contribution in [0, 0.1) is 23.2 Å². The number of carbonyl (C=O) groups excluding carboxylic acids is 1. The molecule has 1 aromatic carbocycles. The highest BCUT2D eigenvalue weighted by Crippen LogP contribution is 2.29. The predicted molar refractivity (Wildman–Crippen MR) is 145 cm³/mol. The first kappa shape index (κ1) is 24.8. The summed E-state index contributed by atoms with van der Waals surface area (Å²) in [5, 5.41) is 21.1. The van der Waals surface area contributed by atoms with Crippen LogP contribution in [0.15, 0.2) is 61.7 Å². The lowest BCUT2D eigenvalue weighted by Crippen LogP contribution is -2.35. The summed E-state index contributed by atoms with van der Waals surface area (Å²) in [5.74, 6) is 6.71. The van der Waals surface area contributed by atoms with Crippen molar-refractivity contribution in [1.82, 2.24) is 24.3 Å². The first-order chi connectivity index (χ1) is 18.4. The lowest BCUT2D eigenvalue weighted by atomic mass is 10.1. The zero-order valence-electron chi connectivity index (χ0n) is 21.3. The summed E-state index contributed by atoms with van der Waals surface area (Å²) in [7, 11) is 3.96. The maximum atomic E-state index is 12.0. The van der Waals surface area contributed by atoms with E-state index in [1.807, 2.05) is 37.6 Å². The summed E-state index contributed by atoms with van der Waals surface area (Å²) in [6, 6.07) is 9.60. The van der Waals surface area contributed by atoms with Crippen molar-refractivity contribution >= 4 is 17.1 Å². The third-order valence-corrected chi connectivity index (χ3v) is 6.50. The van der Waals surface area contributed by atoms with Gasteiger partial charge >= 0.3 is 0 Å². The average molecular weight is 506 g/mol. The molecule has 3 aromatic heterocycles. The summed E-state index contributed by atoms with van der Waals surface area (Å²) < 4.78 is 9.74. The summed E-state index contributed by atoms with van der Waals surface area (Å²) >= 11 is 0. The minimum atomic E-state index is -0.309. The molecule has 0 atom stereocenters. The predicted octanol–water partition coefficient (Wildman–Crippen LogP) is 3.60. The number of aromatic nitrogens is 4. The average Bonchev–Trinajstić information content (AvgIpc) is 3.55. The minimum Gasteiger partial charge on any atom is -0.488 e. The molecule has 9 nitrogen and oxygen atoms in total. The fourth-order valence-corrected chi connectivity index (χ4v) is 4.43. The van der Waals surface area contributed by atoms with Crippen LogP contribution in [0.1, 0.15) is 29.5 Å². The molecule has 1 saturated heterocycles. The van der Waals surface area contributed by atoms with Gasteiger partial charge in [-0.05, 0) is 50.2 Å². The van der Waals surface area contributed by atoms with Gasteiger partial charge in [0.25, 0.3) is 0 Å². The molecule has 0 aliphatic carbocycles. The van der Waals surface area contributed by atoms with Crippen LogP contribution in [0.25, 0.3) is 16.6 Å². The van der Waals surface area contributed by atoms with Gasteiger partial charge in [-0.1, -0.05) is 18.4 Å². The number of nitrogens with one attached hydrogen (secondary N) is 1. The monoisotopic (exact) mass is 505 g/mol. The molecule has 1 aliphatic rings. The summed E-state index contributed by atoms with van der Waals surface area (Å²) in [5.41, 5.74) is 4.85. The third kappa shape index (κ3) is 5.29. The second kappa shape index (κ2) is 10.6. The van der Waals surface area contributed by atoms with Crippen LogP contribution in [0.5, 0.6) is 5.75 Å². The lowest BCUT2D eigenvalue weighted by Gasteiger charge is -2.30. The number of pyridine rings is 1. The van der Waals surface area contributed by atoms with Gasteiger partial charge in [0.2, 0.25) is 5.91 Å². The summed E-state index contributed by atoms with van der Waals surface area (Å²) in [4.78, 5) is 14.3. The van der Waals surface area contributed by atoms with Gasteiger partial charge in [0.1, 0.15) is 17.9 Å². The number of rotatable bonds is 5. The van der Waals surface area contributed by atoms with E-state index in [0.717, 1.165) is 37.1 Å². The molecule has 0 bridgehead atoms. The zero-order valence-corrected chi connectivity index (χ0v) is 21.3. The van der Waals surface area contributed by atoms with Crippen LogP contribution in [0.2, 0.25) is 0 Å².